The van der Waals surface area contributed by atoms with E-state index in [1.165, 1.54) is 0 Å². The van der Waals surface area contributed by atoms with Gasteiger partial charge in [0.2, 0.25) is 6.29 Å². The summed E-state index contributed by atoms with van der Waals surface area (Å²) in [5.74, 6) is 0. The largest absolute Gasteiger partial charge is 0.394 e. The summed E-state index contributed by atoms with van der Waals surface area (Å²) in [4.78, 5) is 16.6. The number of hydrogen-bond acceptors (Lipinski definition) is 8. The van der Waals surface area contributed by atoms with E-state index in [-0.39, 0.29) is 132 Å². The fourth-order valence-corrected chi connectivity index (χ4v) is 1.42. The molecule has 20 heavy (non-hydrogen) atoms. The van der Waals surface area contributed by atoms with E-state index < -0.39 is 42.3 Å². The molecule has 0 amide bonds. The summed E-state index contributed by atoms with van der Waals surface area (Å²) in [5, 5.41) is 39.8. The number of ether oxygens (including phenoxy) is 1. The summed E-state index contributed by atoms with van der Waals surface area (Å²) in [7, 11) is 0. The Bertz CT molecular complexity index is 345. The minimum Gasteiger partial charge on any atom is -0.394 e. The van der Waals surface area contributed by atoms with Crippen LogP contribution in [0.1, 0.15) is 0 Å². The second-order valence-electron chi connectivity index (χ2n) is 3.23. The Hall–Kier alpha value is 2.67. The first-order valence-electron chi connectivity index (χ1n) is 4.49. The SMILES string of the molecule is [Ac].[Ac].[Ac].[N-]=[N+]=N[C@H]1C(O)[C@H](O)C(CO)O[C@H]1O[N+](=O)[O-]. The number of azide groups is 1. The second kappa shape index (κ2) is 14.1. The molecule has 1 fully saturated rings. The first kappa shape index (κ1) is 27.5. The van der Waals surface area contributed by atoms with Gasteiger partial charge in [0.1, 0.15) is 18.2 Å². The Morgan fingerprint density at radius 3 is 2.30 bits per heavy atom. The molecule has 3 N–H and O–H groups in total. The van der Waals surface area contributed by atoms with Crippen molar-refractivity contribution in [3.63, 3.8) is 0 Å². The molecule has 0 aromatic heterocycles. The predicted molar refractivity (Wildman–Crippen MR) is 48.8 cm³/mol. The van der Waals surface area contributed by atoms with Gasteiger partial charge in [-0.2, -0.15) is 0 Å². The van der Waals surface area contributed by atoms with E-state index in [1.807, 2.05) is 0 Å². The maximum absolute atomic E-state index is 10.2. The molecule has 0 aromatic carbocycles. The molecule has 0 saturated carbocycles. The third kappa shape index (κ3) is 7.98. The first-order chi connectivity index (χ1) is 8.01. The van der Waals surface area contributed by atoms with E-state index >= 15 is 0 Å². The van der Waals surface area contributed by atoms with E-state index in [2.05, 4.69) is 14.9 Å². The third-order valence-corrected chi connectivity index (χ3v) is 2.22. The molecule has 1 aliphatic rings. The fourth-order valence-electron chi connectivity index (χ4n) is 1.42. The fraction of sp³-hybridized carbons (Fsp3) is 1.00. The number of aliphatic hydroxyl groups excluding tert-OH is 3. The summed E-state index contributed by atoms with van der Waals surface area (Å²) in [6.45, 7) is -0.682. The summed E-state index contributed by atoms with van der Waals surface area (Å²) in [6.07, 6.45) is -6.12. The van der Waals surface area contributed by atoms with Crippen molar-refractivity contribution in [3.05, 3.63) is 20.6 Å². The molecule has 1 heterocycles. The van der Waals surface area contributed by atoms with Crippen molar-refractivity contribution < 1.29 is 162 Å². The van der Waals surface area contributed by atoms with Gasteiger partial charge in [-0.3, -0.25) is 4.84 Å². The van der Waals surface area contributed by atoms with Crippen molar-refractivity contribution >= 4 is 0 Å². The van der Waals surface area contributed by atoms with Gasteiger partial charge in [-0.05, 0) is 5.53 Å². The van der Waals surface area contributed by atoms with Gasteiger partial charge in [0.05, 0.1) is 12.7 Å². The van der Waals surface area contributed by atoms with Crippen LogP contribution >= 0.6 is 0 Å². The van der Waals surface area contributed by atoms with Crippen LogP contribution in [0, 0.1) is 142 Å². The molecular weight excluding hydrogens is 921 g/mol. The summed E-state index contributed by atoms with van der Waals surface area (Å²) in [6, 6.07) is -1.48. The molecule has 11 nitrogen and oxygen atoms in total. The van der Waals surface area contributed by atoms with Crippen molar-refractivity contribution in [2.75, 3.05) is 6.61 Å². The van der Waals surface area contributed by atoms with E-state index in [4.69, 9.17) is 15.4 Å². The van der Waals surface area contributed by atoms with Crippen LogP contribution in [0.15, 0.2) is 5.11 Å². The van der Waals surface area contributed by atoms with Gasteiger partial charge in [0, 0.05) is 137 Å². The average molecular weight is 931 g/mol. The van der Waals surface area contributed by atoms with Crippen LogP contribution in [0.4, 0.5) is 0 Å². The maximum Gasteiger partial charge on any atom is 0.297 e. The van der Waals surface area contributed by atoms with Gasteiger partial charge >= 0.3 is 0 Å². The minimum absolute atomic E-state index is 0. The molecule has 14 heteroatoms. The smallest absolute Gasteiger partial charge is 0.297 e. The molecule has 1 saturated heterocycles. The van der Waals surface area contributed by atoms with Gasteiger partial charge in [-0.25, -0.2) is 0 Å². The molecule has 1 aliphatic heterocycles. The first-order valence-corrected chi connectivity index (χ1v) is 4.49. The Morgan fingerprint density at radius 2 is 1.90 bits per heavy atom. The number of hydrogen-bond donors (Lipinski definition) is 3. The average Bonchev–Trinajstić information content (AvgIpc) is 2.27. The number of aliphatic hydroxyl groups is 3. The standard InChI is InChI=1S/C6H10N4O7.3Ac/c7-9-8-3-5(13)4(12)2(1-11)16-6(3)17-10(14)15;;;/h2-6,11-13H,1H2;;;/t2?,3-,4+,5?,6-;;;/m0.../s1. The van der Waals surface area contributed by atoms with Crippen LogP contribution in [-0.4, -0.2) is 57.7 Å². The zero-order chi connectivity index (χ0) is 13.0. The van der Waals surface area contributed by atoms with Crippen molar-refractivity contribution in [2.45, 2.75) is 30.6 Å². The molecular formula is C6H10Ac3N4O7. The third-order valence-electron chi connectivity index (χ3n) is 2.22. The molecule has 0 spiro atoms. The Labute approximate surface area is 220 Å². The Kier molecular flexibility index (Phi) is 19.3. The molecule has 105 valence electrons. The molecule has 1 rings (SSSR count). The van der Waals surface area contributed by atoms with Crippen LogP contribution in [0.2, 0.25) is 0 Å². The zero-order valence-electron chi connectivity index (χ0n) is 10.1. The van der Waals surface area contributed by atoms with Crippen molar-refractivity contribution in [3.8, 4) is 0 Å². The minimum atomic E-state index is -1.68. The zero-order valence-corrected chi connectivity index (χ0v) is 24.3. The molecule has 0 bridgehead atoms. The Morgan fingerprint density at radius 1 is 1.35 bits per heavy atom. The summed E-state index contributed by atoms with van der Waals surface area (Å²) < 4.78 is 4.81. The van der Waals surface area contributed by atoms with Gasteiger partial charge in [0.15, 0.2) is 0 Å². The van der Waals surface area contributed by atoms with E-state index in [1.54, 1.807) is 0 Å². The number of rotatable bonds is 4. The molecule has 5 atom stereocenters. The van der Waals surface area contributed by atoms with Crippen molar-refractivity contribution in [1.82, 2.24) is 0 Å². The van der Waals surface area contributed by atoms with E-state index in [0.29, 0.717) is 0 Å². The quantitative estimate of drug-likeness (QED) is 0.0995. The maximum atomic E-state index is 10.2. The molecule has 2 unspecified atom stereocenters. The van der Waals surface area contributed by atoms with Crippen molar-refractivity contribution in [2.24, 2.45) is 5.11 Å². The van der Waals surface area contributed by atoms with Crippen LogP contribution in [0.3, 0.4) is 0 Å². The monoisotopic (exact) mass is 931 g/mol. The van der Waals surface area contributed by atoms with E-state index in [9.17, 15) is 20.3 Å². The van der Waals surface area contributed by atoms with Gasteiger partial charge < -0.3 is 20.1 Å². The number of nitrogens with zero attached hydrogens (tertiary/aromatic N) is 4. The summed E-state index contributed by atoms with van der Waals surface area (Å²) in [5.41, 5.74) is 8.23. The topological polar surface area (TPSA) is 171 Å². The van der Waals surface area contributed by atoms with Crippen LogP contribution in [-0.2, 0) is 9.57 Å². The van der Waals surface area contributed by atoms with Gasteiger partial charge in [-0.15, -0.1) is 10.1 Å². The van der Waals surface area contributed by atoms with Crippen LogP contribution in [0.5, 0.6) is 0 Å². The second-order valence-corrected chi connectivity index (χ2v) is 3.23. The Balaban J connectivity index is -0.000000963. The molecule has 0 aliphatic carbocycles. The van der Waals surface area contributed by atoms with Crippen LogP contribution in [0.25, 0.3) is 10.4 Å². The molecule has 0 aromatic rings. The van der Waals surface area contributed by atoms with Crippen LogP contribution < -0.4 is 0 Å². The normalized spacial score (nSPS) is 31.4. The van der Waals surface area contributed by atoms with E-state index in [0.717, 1.165) is 0 Å². The summed E-state index contributed by atoms with van der Waals surface area (Å²) >= 11 is 0. The molecule has 3 radical (unpaired) electrons. The van der Waals surface area contributed by atoms with Crippen molar-refractivity contribution in [1.29, 1.82) is 0 Å². The van der Waals surface area contributed by atoms with Gasteiger partial charge in [0.25, 0.3) is 5.09 Å². The predicted octanol–water partition coefficient (Wildman–Crippen LogP) is -1.69. The van der Waals surface area contributed by atoms with Gasteiger partial charge in [-0.1, -0.05) is 5.11 Å².